The van der Waals surface area contributed by atoms with Crippen molar-refractivity contribution in [2.75, 3.05) is 13.1 Å². The van der Waals surface area contributed by atoms with Gasteiger partial charge in [0.1, 0.15) is 0 Å². The van der Waals surface area contributed by atoms with E-state index in [2.05, 4.69) is 43.4 Å². The number of benzene rings is 1. The van der Waals surface area contributed by atoms with Gasteiger partial charge >= 0.3 is 0 Å². The number of hydrogen-bond acceptors (Lipinski definition) is 2. The van der Waals surface area contributed by atoms with E-state index in [0.717, 1.165) is 25.9 Å². The summed E-state index contributed by atoms with van der Waals surface area (Å²) >= 11 is 0. The Bertz CT molecular complexity index is 360. The summed E-state index contributed by atoms with van der Waals surface area (Å²) in [6.07, 6.45) is 2.35. The zero-order valence-electron chi connectivity index (χ0n) is 11.4. The molecule has 3 N–H and O–H groups in total. The predicted molar refractivity (Wildman–Crippen MR) is 75.4 cm³/mol. The maximum absolute atomic E-state index is 10.6. The highest BCUT2D eigenvalue weighted by Gasteiger charge is 2.19. The van der Waals surface area contributed by atoms with Gasteiger partial charge in [-0.05, 0) is 24.9 Å². The fourth-order valence-electron chi connectivity index (χ4n) is 1.94. The lowest BCUT2D eigenvalue weighted by Gasteiger charge is -2.25. The van der Waals surface area contributed by atoms with Crippen LogP contribution < -0.4 is 11.1 Å². The highest BCUT2D eigenvalue weighted by Crippen LogP contribution is 2.21. The molecule has 0 fully saturated rings. The quantitative estimate of drug-likeness (QED) is 0.693. The Morgan fingerprint density at radius 3 is 2.50 bits per heavy atom. The molecule has 0 aliphatic rings. The van der Waals surface area contributed by atoms with Crippen molar-refractivity contribution < 1.29 is 4.79 Å². The molecule has 18 heavy (non-hydrogen) atoms. The molecule has 100 valence electrons. The maximum atomic E-state index is 10.6. The Hall–Kier alpha value is -1.35. The summed E-state index contributed by atoms with van der Waals surface area (Å²) in [7, 11) is 0. The van der Waals surface area contributed by atoms with Crippen molar-refractivity contribution in [3.8, 4) is 0 Å². The van der Waals surface area contributed by atoms with E-state index in [-0.39, 0.29) is 11.3 Å². The Kier molecular flexibility index (Phi) is 5.86. The number of primary amides is 1. The van der Waals surface area contributed by atoms with Crippen LogP contribution in [0.2, 0.25) is 0 Å². The molecule has 0 spiro atoms. The van der Waals surface area contributed by atoms with Gasteiger partial charge in [0.05, 0.1) is 0 Å². The molecule has 0 aromatic heterocycles. The van der Waals surface area contributed by atoms with E-state index in [0.29, 0.717) is 6.42 Å². The third-order valence-electron chi connectivity index (χ3n) is 3.15. The molecule has 1 amide bonds. The number of nitrogens with two attached hydrogens (primary N) is 1. The molecule has 1 aromatic carbocycles. The van der Waals surface area contributed by atoms with Gasteiger partial charge in [-0.1, -0.05) is 44.2 Å². The van der Waals surface area contributed by atoms with Gasteiger partial charge in [0.15, 0.2) is 0 Å². The van der Waals surface area contributed by atoms with Crippen molar-refractivity contribution in [2.45, 2.75) is 38.5 Å². The lowest BCUT2D eigenvalue weighted by Crippen LogP contribution is -2.33. The fraction of sp³-hybridized carbons (Fsp3) is 0.533. The van der Waals surface area contributed by atoms with Crippen LogP contribution >= 0.6 is 0 Å². The van der Waals surface area contributed by atoms with Crippen molar-refractivity contribution in [3.63, 3.8) is 0 Å². The number of carbonyl (C=O) groups is 1. The Morgan fingerprint density at radius 1 is 1.22 bits per heavy atom. The topological polar surface area (TPSA) is 55.1 Å². The molecule has 0 radical (unpaired) electrons. The van der Waals surface area contributed by atoms with Gasteiger partial charge < -0.3 is 11.1 Å². The largest absolute Gasteiger partial charge is 0.370 e. The maximum Gasteiger partial charge on any atom is 0.217 e. The van der Waals surface area contributed by atoms with Gasteiger partial charge in [-0.3, -0.25) is 4.79 Å². The summed E-state index contributed by atoms with van der Waals surface area (Å²) in [6.45, 7) is 6.34. The fourth-order valence-corrected chi connectivity index (χ4v) is 1.94. The number of rotatable bonds is 8. The van der Waals surface area contributed by atoms with E-state index < -0.39 is 0 Å². The number of nitrogens with one attached hydrogen (secondary N) is 1. The van der Waals surface area contributed by atoms with Gasteiger partial charge in [-0.25, -0.2) is 0 Å². The first kappa shape index (κ1) is 14.7. The third-order valence-corrected chi connectivity index (χ3v) is 3.15. The second-order valence-corrected chi connectivity index (χ2v) is 5.35. The van der Waals surface area contributed by atoms with Crippen LogP contribution in [0.1, 0.15) is 38.7 Å². The van der Waals surface area contributed by atoms with Crippen LogP contribution in [-0.4, -0.2) is 19.0 Å². The second-order valence-electron chi connectivity index (χ2n) is 5.35. The highest BCUT2D eigenvalue weighted by molar-refractivity contribution is 5.73. The van der Waals surface area contributed by atoms with Gasteiger partial charge in [-0.15, -0.1) is 0 Å². The first-order chi connectivity index (χ1) is 8.52. The molecular weight excluding hydrogens is 224 g/mol. The summed E-state index contributed by atoms with van der Waals surface area (Å²) in [4.78, 5) is 10.6. The highest BCUT2D eigenvalue weighted by atomic mass is 16.1. The molecule has 0 saturated heterocycles. The molecular formula is C15H24N2O. The summed E-state index contributed by atoms with van der Waals surface area (Å²) in [6, 6.07) is 10.5. The molecule has 0 atom stereocenters. The molecule has 0 aliphatic carbocycles. The Balaban J connectivity index is 2.24. The number of amides is 1. The Morgan fingerprint density at radius 2 is 1.89 bits per heavy atom. The monoisotopic (exact) mass is 248 g/mol. The van der Waals surface area contributed by atoms with E-state index in [4.69, 9.17) is 5.73 Å². The van der Waals surface area contributed by atoms with Crippen molar-refractivity contribution in [1.29, 1.82) is 0 Å². The molecule has 1 aromatic rings. The number of carbonyl (C=O) groups excluding carboxylic acids is 1. The first-order valence-electron chi connectivity index (χ1n) is 6.57. The number of hydrogen-bond donors (Lipinski definition) is 2. The minimum atomic E-state index is -0.209. The third kappa shape index (κ3) is 5.32. The van der Waals surface area contributed by atoms with E-state index in [9.17, 15) is 4.79 Å². The van der Waals surface area contributed by atoms with Crippen LogP contribution in [0.3, 0.4) is 0 Å². The van der Waals surface area contributed by atoms with E-state index in [1.54, 1.807) is 0 Å². The molecule has 1 rings (SSSR count). The van der Waals surface area contributed by atoms with E-state index >= 15 is 0 Å². The lowest BCUT2D eigenvalue weighted by atomic mass is 9.84. The minimum absolute atomic E-state index is 0.130. The van der Waals surface area contributed by atoms with E-state index in [1.807, 2.05) is 6.07 Å². The molecule has 0 unspecified atom stereocenters. The average molecular weight is 248 g/mol. The van der Waals surface area contributed by atoms with Gasteiger partial charge in [-0.2, -0.15) is 0 Å². The summed E-state index contributed by atoms with van der Waals surface area (Å²) in [5, 5.41) is 3.45. The van der Waals surface area contributed by atoms with Crippen LogP contribution in [0.25, 0.3) is 0 Å². The van der Waals surface area contributed by atoms with Gasteiger partial charge in [0.2, 0.25) is 5.91 Å². The molecule has 0 heterocycles. The summed E-state index contributed by atoms with van der Waals surface area (Å²) in [5.74, 6) is -0.209. The Labute approximate surface area is 110 Å². The molecule has 0 aliphatic heterocycles. The molecule has 3 heteroatoms. The average Bonchev–Trinajstić information content (AvgIpc) is 2.34. The van der Waals surface area contributed by atoms with Crippen LogP contribution in [0, 0.1) is 0 Å². The smallest absolute Gasteiger partial charge is 0.217 e. The second kappa shape index (κ2) is 7.17. The SMILES string of the molecule is CC(C)(CNCCCCC(N)=O)c1ccccc1. The summed E-state index contributed by atoms with van der Waals surface area (Å²) < 4.78 is 0. The van der Waals surface area contributed by atoms with Crippen LogP contribution in [-0.2, 0) is 10.2 Å². The number of unbranched alkanes of at least 4 members (excludes halogenated alkanes) is 1. The molecule has 3 nitrogen and oxygen atoms in total. The van der Waals surface area contributed by atoms with Crippen molar-refractivity contribution in [2.24, 2.45) is 5.73 Å². The van der Waals surface area contributed by atoms with Crippen LogP contribution in [0.5, 0.6) is 0 Å². The standard InChI is InChI=1S/C15H24N2O/c1-15(2,13-8-4-3-5-9-13)12-17-11-7-6-10-14(16)18/h3-5,8-9,17H,6-7,10-12H2,1-2H3,(H2,16,18). The lowest BCUT2D eigenvalue weighted by molar-refractivity contribution is -0.118. The van der Waals surface area contributed by atoms with Gasteiger partial charge in [0, 0.05) is 18.4 Å². The normalized spacial score (nSPS) is 11.4. The zero-order chi connectivity index (χ0) is 13.4. The minimum Gasteiger partial charge on any atom is -0.370 e. The first-order valence-corrected chi connectivity index (χ1v) is 6.57. The van der Waals surface area contributed by atoms with Gasteiger partial charge in [0.25, 0.3) is 0 Å². The van der Waals surface area contributed by atoms with E-state index in [1.165, 1.54) is 5.56 Å². The predicted octanol–water partition coefficient (Wildman–Crippen LogP) is 2.21. The van der Waals surface area contributed by atoms with Crippen LogP contribution in [0.15, 0.2) is 30.3 Å². The van der Waals surface area contributed by atoms with Crippen LogP contribution in [0.4, 0.5) is 0 Å². The van der Waals surface area contributed by atoms with Crippen molar-refractivity contribution in [3.05, 3.63) is 35.9 Å². The zero-order valence-corrected chi connectivity index (χ0v) is 11.4. The molecule has 0 bridgehead atoms. The molecule has 0 saturated carbocycles. The van der Waals surface area contributed by atoms with Crippen molar-refractivity contribution in [1.82, 2.24) is 5.32 Å². The summed E-state index contributed by atoms with van der Waals surface area (Å²) in [5.41, 5.74) is 6.57. The van der Waals surface area contributed by atoms with Crippen molar-refractivity contribution >= 4 is 5.91 Å².